The van der Waals surface area contributed by atoms with Crippen LogP contribution in [0.2, 0.25) is 0 Å². The number of rotatable bonds is 7. The summed E-state index contributed by atoms with van der Waals surface area (Å²) in [6, 6.07) is -0.546. The second-order valence-corrected chi connectivity index (χ2v) is 7.67. The lowest BCUT2D eigenvalue weighted by atomic mass is 9.77. The molecule has 0 saturated heterocycles. The van der Waals surface area contributed by atoms with E-state index >= 15 is 0 Å². The number of likely N-dealkylation sites (N-methyl/N-ethyl adjacent to an activating group) is 1. The number of amides is 2. The van der Waals surface area contributed by atoms with Crippen LogP contribution < -0.4 is 10.6 Å². The molecule has 2 fully saturated rings. The molecule has 2 aliphatic carbocycles. The largest absolute Gasteiger partial charge is 0.480 e. The first kappa shape index (κ1) is 21.7. The molecule has 156 valence electrons. The average Bonchev–Trinajstić information content (AvgIpc) is 2.53. The highest BCUT2D eigenvalue weighted by Gasteiger charge is 2.47. The Bertz CT molecular complexity index is 540. The van der Waals surface area contributed by atoms with Gasteiger partial charge < -0.3 is 20.8 Å². The van der Waals surface area contributed by atoms with Crippen molar-refractivity contribution >= 4 is 12.0 Å². The second-order valence-electron chi connectivity index (χ2n) is 7.67. The van der Waals surface area contributed by atoms with Gasteiger partial charge in [0.1, 0.15) is 0 Å². The highest BCUT2D eigenvalue weighted by Crippen LogP contribution is 2.41. The van der Waals surface area contributed by atoms with Crippen molar-refractivity contribution in [3.05, 3.63) is 0 Å². The lowest BCUT2D eigenvalue weighted by Gasteiger charge is -2.42. The summed E-state index contributed by atoms with van der Waals surface area (Å²) in [4.78, 5) is 24.6. The number of carbonyl (C=O) groups is 2. The second kappa shape index (κ2) is 8.64. The predicted molar refractivity (Wildman–Crippen MR) is 91.2 cm³/mol. The zero-order valence-corrected chi connectivity index (χ0v) is 15.4. The van der Waals surface area contributed by atoms with Crippen LogP contribution in [0.3, 0.4) is 0 Å². The number of nitrogens with one attached hydrogen (secondary N) is 2. The fourth-order valence-corrected chi connectivity index (χ4v) is 3.94. The number of hydrogen-bond acceptors (Lipinski definition) is 4. The van der Waals surface area contributed by atoms with Gasteiger partial charge in [-0.2, -0.15) is 13.2 Å². The number of urea groups is 1. The molecule has 2 saturated carbocycles. The smallest absolute Gasteiger partial charge is 0.391 e. The molecular formula is C17H28F3N3O4. The van der Waals surface area contributed by atoms with Gasteiger partial charge in [-0.3, -0.25) is 9.69 Å². The van der Waals surface area contributed by atoms with Crippen molar-refractivity contribution in [3.8, 4) is 0 Å². The number of carbonyl (C=O) groups excluding carboxylic acids is 1. The quantitative estimate of drug-likeness (QED) is 0.526. The molecule has 10 heteroatoms. The van der Waals surface area contributed by atoms with Crippen LogP contribution in [0.1, 0.15) is 45.4 Å². The van der Waals surface area contributed by atoms with Gasteiger partial charge in [0.25, 0.3) is 0 Å². The van der Waals surface area contributed by atoms with E-state index in [1.807, 2.05) is 11.8 Å². The van der Waals surface area contributed by atoms with Gasteiger partial charge in [0.2, 0.25) is 0 Å². The zero-order chi connectivity index (χ0) is 20.2. The van der Waals surface area contributed by atoms with Crippen LogP contribution in [0.15, 0.2) is 0 Å². The molecule has 0 aromatic heterocycles. The molecule has 7 nitrogen and oxygen atoms in total. The van der Waals surface area contributed by atoms with Gasteiger partial charge in [-0.1, -0.05) is 6.92 Å². The Balaban J connectivity index is 1.72. The van der Waals surface area contributed by atoms with Gasteiger partial charge in [-0.15, -0.1) is 0 Å². The van der Waals surface area contributed by atoms with Crippen LogP contribution in [0.25, 0.3) is 0 Å². The molecule has 27 heavy (non-hydrogen) atoms. The van der Waals surface area contributed by atoms with Crippen molar-refractivity contribution in [2.45, 2.75) is 69.3 Å². The molecule has 0 aromatic rings. The number of nitrogens with zero attached hydrogens (tertiary/aromatic N) is 1. The van der Waals surface area contributed by atoms with E-state index in [1.165, 1.54) is 0 Å². The van der Waals surface area contributed by atoms with Gasteiger partial charge >= 0.3 is 18.2 Å². The monoisotopic (exact) mass is 395 g/mol. The molecule has 2 unspecified atom stereocenters. The molecule has 0 aromatic carbocycles. The normalized spacial score (nSPS) is 31.3. The van der Waals surface area contributed by atoms with Crippen LogP contribution in [0, 0.1) is 5.92 Å². The number of aliphatic hydroxyl groups is 1. The van der Waals surface area contributed by atoms with E-state index < -0.39 is 36.1 Å². The summed E-state index contributed by atoms with van der Waals surface area (Å²) in [6.07, 6.45) is -2.99. The van der Waals surface area contributed by atoms with E-state index in [0.29, 0.717) is 19.4 Å². The van der Waals surface area contributed by atoms with Crippen molar-refractivity contribution in [3.63, 3.8) is 0 Å². The molecule has 2 aliphatic rings. The highest BCUT2D eigenvalue weighted by molar-refractivity contribution is 5.74. The Labute approximate surface area is 156 Å². The van der Waals surface area contributed by atoms with Crippen LogP contribution in [-0.2, 0) is 4.79 Å². The van der Waals surface area contributed by atoms with Crippen LogP contribution in [0.4, 0.5) is 18.0 Å². The lowest BCUT2D eigenvalue weighted by molar-refractivity contribution is -0.199. The van der Waals surface area contributed by atoms with E-state index in [1.54, 1.807) is 0 Å². The van der Waals surface area contributed by atoms with E-state index in [4.69, 9.17) is 5.11 Å². The summed E-state index contributed by atoms with van der Waals surface area (Å²) in [5, 5.41) is 24.4. The van der Waals surface area contributed by atoms with E-state index in [9.17, 15) is 27.9 Å². The topological polar surface area (TPSA) is 102 Å². The van der Waals surface area contributed by atoms with Crippen LogP contribution in [-0.4, -0.2) is 70.6 Å². The number of hydrogen-bond donors (Lipinski definition) is 4. The van der Waals surface area contributed by atoms with E-state index in [2.05, 4.69) is 10.6 Å². The van der Waals surface area contributed by atoms with Gasteiger partial charge in [0, 0.05) is 18.6 Å². The highest BCUT2D eigenvalue weighted by atomic mass is 19.4. The summed E-state index contributed by atoms with van der Waals surface area (Å²) in [7, 11) is 0. The Morgan fingerprint density at radius 1 is 1.30 bits per heavy atom. The minimum atomic E-state index is -4.33. The Morgan fingerprint density at radius 2 is 1.96 bits per heavy atom. The third kappa shape index (κ3) is 6.24. The summed E-state index contributed by atoms with van der Waals surface area (Å²) < 4.78 is 38.6. The fourth-order valence-electron chi connectivity index (χ4n) is 3.94. The maximum absolute atomic E-state index is 12.9. The number of carboxylic acid groups (broad SMARTS) is 1. The first-order valence-electron chi connectivity index (χ1n) is 9.31. The van der Waals surface area contributed by atoms with Crippen LogP contribution >= 0.6 is 0 Å². The first-order valence-corrected chi connectivity index (χ1v) is 9.31. The lowest BCUT2D eigenvalue weighted by Crippen LogP contribution is -2.57. The molecule has 0 radical (unpaired) electrons. The summed E-state index contributed by atoms with van der Waals surface area (Å²) >= 11 is 0. The first-order chi connectivity index (χ1) is 12.5. The number of aliphatic carboxylic acids is 1. The van der Waals surface area contributed by atoms with Gasteiger partial charge in [-0.05, 0) is 45.1 Å². The molecule has 4 N–H and O–H groups in total. The molecule has 0 aliphatic heterocycles. The molecular weight excluding hydrogens is 367 g/mol. The van der Waals surface area contributed by atoms with Crippen molar-refractivity contribution in [2.75, 3.05) is 19.6 Å². The molecule has 0 spiro atoms. The number of alkyl halides is 3. The van der Waals surface area contributed by atoms with Gasteiger partial charge in [-0.25, -0.2) is 4.79 Å². The fraction of sp³-hybridized carbons (Fsp3) is 0.882. The maximum atomic E-state index is 12.9. The minimum Gasteiger partial charge on any atom is -0.480 e. The molecule has 2 rings (SSSR count). The minimum absolute atomic E-state index is 0.00569. The summed E-state index contributed by atoms with van der Waals surface area (Å²) in [6.45, 7) is 2.20. The van der Waals surface area contributed by atoms with E-state index in [-0.39, 0.29) is 44.4 Å². The Morgan fingerprint density at radius 3 is 2.52 bits per heavy atom. The Hall–Kier alpha value is -1.55. The van der Waals surface area contributed by atoms with Crippen molar-refractivity contribution in [2.24, 2.45) is 5.92 Å². The van der Waals surface area contributed by atoms with Crippen molar-refractivity contribution in [1.82, 2.24) is 15.5 Å². The summed E-state index contributed by atoms with van der Waals surface area (Å²) in [5.74, 6) is -2.44. The standard InChI is InChI=1S/C17H28F3N3O4/c1-2-23(9-14(24)25)13-6-12(7-13)22-15(26)21-10-16(27)5-3-4-11(8-16)17(18,19)20/h11-13,27H,2-10H2,1H3,(H,24,25)(H2,21,22,26). The third-order valence-corrected chi connectivity index (χ3v) is 5.57. The van der Waals surface area contributed by atoms with Gasteiger partial charge in [0.15, 0.2) is 0 Å². The molecule has 2 atom stereocenters. The third-order valence-electron chi connectivity index (χ3n) is 5.57. The van der Waals surface area contributed by atoms with Gasteiger partial charge in [0.05, 0.1) is 18.1 Å². The molecule has 0 bridgehead atoms. The molecule has 0 heterocycles. The zero-order valence-electron chi connectivity index (χ0n) is 15.4. The number of carboxylic acids is 1. The van der Waals surface area contributed by atoms with Crippen LogP contribution in [0.5, 0.6) is 0 Å². The van der Waals surface area contributed by atoms with Crippen molar-refractivity contribution < 1.29 is 33.0 Å². The maximum Gasteiger partial charge on any atom is 0.391 e. The van der Waals surface area contributed by atoms with Crippen molar-refractivity contribution in [1.29, 1.82) is 0 Å². The average molecular weight is 395 g/mol. The number of halogens is 3. The Kier molecular flexibility index (Phi) is 6.96. The molecule has 2 amide bonds. The predicted octanol–water partition coefficient (Wildman–Crippen LogP) is 1.71. The SMILES string of the molecule is CCN(CC(=O)O)C1CC(NC(=O)NCC2(O)CCCC(C(F)(F)F)C2)C1. The summed E-state index contributed by atoms with van der Waals surface area (Å²) in [5.41, 5.74) is -1.54. The van der Waals surface area contributed by atoms with E-state index in [0.717, 1.165) is 0 Å².